The molecule has 2 nitrogen and oxygen atoms in total. The highest BCUT2D eigenvalue weighted by Gasteiger charge is 2.42. The molecule has 15 heavy (non-hydrogen) atoms. The van der Waals surface area contributed by atoms with E-state index in [0.717, 1.165) is 0 Å². The number of methoxy groups -OCH3 is 1. The predicted molar refractivity (Wildman–Crippen MR) is 50.2 cm³/mol. The Balaban J connectivity index is 2.90. The molecule has 0 heterocycles. The van der Waals surface area contributed by atoms with Crippen LogP contribution in [0, 0.1) is 0 Å². The average Bonchev–Trinajstić information content (AvgIpc) is 2.19. The van der Waals surface area contributed by atoms with Crippen molar-refractivity contribution in [3.05, 3.63) is 35.9 Å². The van der Waals surface area contributed by atoms with Crippen LogP contribution in [0.25, 0.3) is 0 Å². The van der Waals surface area contributed by atoms with Crippen LogP contribution in [-0.2, 0) is 4.74 Å². The summed E-state index contributed by atoms with van der Waals surface area (Å²) in [5, 5.41) is 0. The maximum Gasteiger partial charge on any atom is 0.406 e. The Labute approximate surface area is 85.8 Å². The Morgan fingerprint density at radius 2 is 1.73 bits per heavy atom. The zero-order valence-electron chi connectivity index (χ0n) is 8.16. The number of benzene rings is 1. The molecule has 0 saturated carbocycles. The first-order valence-electron chi connectivity index (χ1n) is 4.37. The molecular formula is C10H12F3NO. The van der Waals surface area contributed by atoms with Crippen molar-refractivity contribution in [3.8, 4) is 0 Å². The van der Waals surface area contributed by atoms with Gasteiger partial charge < -0.3 is 10.5 Å². The summed E-state index contributed by atoms with van der Waals surface area (Å²) in [4.78, 5) is 0. The second-order valence-electron chi connectivity index (χ2n) is 3.13. The van der Waals surface area contributed by atoms with Gasteiger partial charge in [-0.2, -0.15) is 13.2 Å². The molecule has 0 saturated heterocycles. The van der Waals surface area contributed by atoms with Crippen molar-refractivity contribution in [2.24, 2.45) is 5.73 Å². The first-order chi connectivity index (χ1) is 6.96. The van der Waals surface area contributed by atoms with Crippen LogP contribution in [0.5, 0.6) is 0 Å². The molecule has 0 unspecified atom stereocenters. The molecule has 0 radical (unpaired) electrons. The van der Waals surface area contributed by atoms with Crippen molar-refractivity contribution >= 4 is 0 Å². The summed E-state index contributed by atoms with van der Waals surface area (Å²) in [7, 11) is 1.21. The van der Waals surface area contributed by atoms with Crippen LogP contribution >= 0.6 is 0 Å². The fourth-order valence-corrected chi connectivity index (χ4v) is 1.30. The van der Waals surface area contributed by atoms with Gasteiger partial charge in [0, 0.05) is 7.11 Å². The minimum atomic E-state index is -4.46. The number of hydrogen-bond acceptors (Lipinski definition) is 2. The molecule has 0 spiro atoms. The molecule has 0 amide bonds. The zero-order valence-corrected chi connectivity index (χ0v) is 8.16. The molecule has 0 aromatic heterocycles. The highest BCUT2D eigenvalue weighted by Crippen LogP contribution is 2.30. The average molecular weight is 219 g/mol. The largest absolute Gasteiger partial charge is 0.406 e. The number of rotatable bonds is 3. The SMILES string of the molecule is CO[C@H](c1ccccc1)[C@H](N)C(F)(F)F. The van der Waals surface area contributed by atoms with E-state index in [-0.39, 0.29) is 0 Å². The lowest BCUT2D eigenvalue weighted by Gasteiger charge is -2.24. The molecule has 2 atom stereocenters. The molecule has 2 N–H and O–H groups in total. The van der Waals surface area contributed by atoms with Crippen LogP contribution < -0.4 is 5.73 Å². The number of hydrogen-bond donors (Lipinski definition) is 1. The van der Waals surface area contributed by atoms with E-state index in [1.165, 1.54) is 7.11 Å². The molecule has 0 aliphatic rings. The fourth-order valence-electron chi connectivity index (χ4n) is 1.30. The van der Waals surface area contributed by atoms with Gasteiger partial charge in [-0.25, -0.2) is 0 Å². The summed E-state index contributed by atoms with van der Waals surface area (Å²) in [6.07, 6.45) is -5.62. The highest BCUT2D eigenvalue weighted by molar-refractivity contribution is 5.19. The van der Waals surface area contributed by atoms with Gasteiger partial charge >= 0.3 is 6.18 Å². The van der Waals surface area contributed by atoms with Gasteiger partial charge in [-0.1, -0.05) is 30.3 Å². The van der Waals surface area contributed by atoms with Gasteiger partial charge in [0.2, 0.25) is 0 Å². The molecule has 0 fully saturated rings. The fraction of sp³-hybridized carbons (Fsp3) is 0.400. The van der Waals surface area contributed by atoms with Crippen molar-refractivity contribution < 1.29 is 17.9 Å². The maximum absolute atomic E-state index is 12.4. The normalized spacial score (nSPS) is 16.1. The third-order valence-electron chi connectivity index (χ3n) is 2.09. The molecular weight excluding hydrogens is 207 g/mol. The number of ether oxygens (including phenoxy) is 1. The Morgan fingerprint density at radius 1 is 1.20 bits per heavy atom. The molecule has 0 bridgehead atoms. The molecule has 1 rings (SSSR count). The molecule has 0 aliphatic carbocycles. The van der Waals surface area contributed by atoms with Gasteiger partial charge in [-0.15, -0.1) is 0 Å². The Morgan fingerprint density at radius 3 is 2.13 bits per heavy atom. The first kappa shape index (κ1) is 12.0. The van der Waals surface area contributed by atoms with Crippen molar-refractivity contribution in [1.29, 1.82) is 0 Å². The van der Waals surface area contributed by atoms with Crippen molar-refractivity contribution in [3.63, 3.8) is 0 Å². The third-order valence-corrected chi connectivity index (χ3v) is 2.09. The molecule has 84 valence electrons. The van der Waals surface area contributed by atoms with Crippen molar-refractivity contribution in [1.82, 2.24) is 0 Å². The first-order valence-corrected chi connectivity index (χ1v) is 4.37. The quantitative estimate of drug-likeness (QED) is 0.846. The zero-order chi connectivity index (χ0) is 11.5. The highest BCUT2D eigenvalue weighted by atomic mass is 19.4. The Bertz CT molecular complexity index is 299. The number of nitrogens with two attached hydrogens (primary N) is 1. The second kappa shape index (κ2) is 4.63. The van der Waals surface area contributed by atoms with Gasteiger partial charge in [0.25, 0.3) is 0 Å². The van der Waals surface area contributed by atoms with Gasteiger partial charge in [0.15, 0.2) is 0 Å². The van der Waals surface area contributed by atoms with Gasteiger partial charge in [-0.3, -0.25) is 0 Å². The molecule has 0 aliphatic heterocycles. The summed E-state index contributed by atoms with van der Waals surface area (Å²) in [6, 6.07) is 6.11. The van der Waals surface area contributed by atoms with E-state index in [4.69, 9.17) is 10.5 Å². The van der Waals surface area contributed by atoms with Gasteiger partial charge in [-0.05, 0) is 5.56 Å². The van der Waals surface area contributed by atoms with E-state index in [1.807, 2.05) is 0 Å². The van der Waals surface area contributed by atoms with Crippen LogP contribution in [0.1, 0.15) is 11.7 Å². The van der Waals surface area contributed by atoms with E-state index >= 15 is 0 Å². The lowest BCUT2D eigenvalue weighted by molar-refractivity contribution is -0.173. The van der Waals surface area contributed by atoms with E-state index in [2.05, 4.69) is 0 Å². The van der Waals surface area contributed by atoms with Crippen LogP contribution in [0.3, 0.4) is 0 Å². The summed E-state index contributed by atoms with van der Waals surface area (Å²) in [5.74, 6) is 0. The van der Waals surface area contributed by atoms with Crippen LogP contribution in [0.15, 0.2) is 30.3 Å². The minimum absolute atomic E-state index is 0.421. The lowest BCUT2D eigenvalue weighted by Crippen LogP contribution is -2.43. The van der Waals surface area contributed by atoms with Gasteiger partial charge in [0.05, 0.1) is 0 Å². The molecule has 1 aromatic rings. The van der Waals surface area contributed by atoms with Crippen LogP contribution in [-0.4, -0.2) is 19.3 Å². The summed E-state index contributed by atoms with van der Waals surface area (Å²) >= 11 is 0. The summed E-state index contributed by atoms with van der Waals surface area (Å²) < 4.78 is 41.9. The Hall–Kier alpha value is -1.07. The lowest BCUT2D eigenvalue weighted by atomic mass is 10.0. The van der Waals surface area contributed by atoms with E-state index < -0.39 is 18.3 Å². The van der Waals surface area contributed by atoms with Crippen molar-refractivity contribution in [2.75, 3.05) is 7.11 Å². The minimum Gasteiger partial charge on any atom is -0.375 e. The second-order valence-corrected chi connectivity index (χ2v) is 3.13. The van der Waals surface area contributed by atoms with Crippen LogP contribution in [0.2, 0.25) is 0 Å². The summed E-state index contributed by atoms with van der Waals surface area (Å²) in [6.45, 7) is 0. The standard InChI is InChI=1S/C10H12F3NO/c1-15-8(9(14)10(11,12)13)7-5-3-2-4-6-7/h2-6,8-9H,14H2,1H3/t8-,9+/m1/s1. The third kappa shape index (κ3) is 2.94. The monoisotopic (exact) mass is 219 g/mol. The predicted octanol–water partition coefficient (Wildman–Crippen LogP) is 2.26. The summed E-state index contributed by atoms with van der Waals surface area (Å²) in [5.41, 5.74) is 5.51. The van der Waals surface area contributed by atoms with Crippen LogP contribution in [0.4, 0.5) is 13.2 Å². The van der Waals surface area contributed by atoms with E-state index in [9.17, 15) is 13.2 Å². The van der Waals surface area contributed by atoms with Gasteiger partial charge in [0.1, 0.15) is 12.1 Å². The number of halogens is 3. The smallest absolute Gasteiger partial charge is 0.375 e. The Kier molecular flexibility index (Phi) is 3.71. The molecule has 1 aromatic carbocycles. The topological polar surface area (TPSA) is 35.2 Å². The van der Waals surface area contributed by atoms with E-state index in [1.54, 1.807) is 30.3 Å². The molecule has 5 heteroatoms. The van der Waals surface area contributed by atoms with E-state index in [0.29, 0.717) is 5.56 Å². The number of alkyl halides is 3. The van der Waals surface area contributed by atoms with Crippen molar-refractivity contribution in [2.45, 2.75) is 18.3 Å². The maximum atomic E-state index is 12.4.